The lowest BCUT2D eigenvalue weighted by Crippen LogP contribution is -2.54. The average Bonchev–Trinajstić information content (AvgIpc) is 2.93. The monoisotopic (exact) mass is 386 g/mol. The van der Waals surface area contributed by atoms with Crippen molar-refractivity contribution in [1.82, 2.24) is 15.5 Å². The number of nitrogens with one attached hydrogen (secondary N) is 2. The fourth-order valence-corrected chi connectivity index (χ4v) is 4.19. The van der Waals surface area contributed by atoms with Crippen molar-refractivity contribution in [2.24, 2.45) is 5.92 Å². The molecule has 28 heavy (non-hydrogen) atoms. The van der Waals surface area contributed by atoms with Crippen molar-refractivity contribution < 1.29 is 14.4 Å². The van der Waals surface area contributed by atoms with Crippen LogP contribution in [0.15, 0.2) is 30.3 Å². The normalized spacial score (nSPS) is 24.4. The third-order valence-corrected chi connectivity index (χ3v) is 5.99. The van der Waals surface area contributed by atoms with Crippen LogP contribution in [0.3, 0.4) is 0 Å². The first-order chi connectivity index (χ1) is 13.4. The Bertz CT molecular complexity index is 724. The van der Waals surface area contributed by atoms with Crippen molar-refractivity contribution in [3.63, 3.8) is 0 Å². The van der Waals surface area contributed by atoms with Crippen LogP contribution in [0.5, 0.6) is 0 Å². The predicted molar refractivity (Wildman–Crippen MR) is 108 cm³/mol. The number of hydrogen-bond donors (Lipinski definition) is 2. The zero-order valence-electron chi connectivity index (χ0n) is 16.7. The van der Waals surface area contributed by atoms with E-state index in [0.717, 1.165) is 42.8 Å². The first kappa shape index (κ1) is 20.2. The van der Waals surface area contributed by atoms with E-state index >= 15 is 0 Å². The summed E-state index contributed by atoms with van der Waals surface area (Å²) in [4.78, 5) is 40.7. The maximum atomic E-state index is 12.9. The Hall–Kier alpha value is -2.57. The van der Waals surface area contributed by atoms with Crippen LogP contribution < -0.4 is 15.5 Å². The molecule has 3 rings (SSSR count). The maximum absolute atomic E-state index is 12.9. The molecule has 1 aromatic carbocycles. The zero-order valence-corrected chi connectivity index (χ0v) is 16.7. The second kappa shape index (κ2) is 8.63. The molecule has 7 heteroatoms. The molecule has 1 heterocycles. The van der Waals surface area contributed by atoms with E-state index in [1.54, 1.807) is 0 Å². The molecule has 152 valence electrons. The number of hydrogen-bond acceptors (Lipinski definition) is 4. The van der Waals surface area contributed by atoms with E-state index in [1.807, 2.05) is 44.3 Å². The molecule has 2 N–H and O–H groups in total. The summed E-state index contributed by atoms with van der Waals surface area (Å²) in [7, 11) is 2.01. The molecule has 1 aliphatic carbocycles. The summed E-state index contributed by atoms with van der Waals surface area (Å²) in [6, 6.07) is 9.59. The lowest BCUT2D eigenvalue weighted by Gasteiger charge is -2.36. The van der Waals surface area contributed by atoms with E-state index in [1.165, 1.54) is 0 Å². The van der Waals surface area contributed by atoms with Gasteiger partial charge in [-0.1, -0.05) is 38.0 Å². The van der Waals surface area contributed by atoms with Gasteiger partial charge in [0.05, 0.1) is 0 Å². The largest absolute Gasteiger partial charge is 0.375 e. The molecule has 2 aliphatic rings. The van der Waals surface area contributed by atoms with Gasteiger partial charge in [0.15, 0.2) is 0 Å². The molecule has 0 unspecified atom stereocenters. The van der Waals surface area contributed by atoms with Crippen LogP contribution >= 0.6 is 0 Å². The highest BCUT2D eigenvalue weighted by Gasteiger charge is 2.55. The van der Waals surface area contributed by atoms with Crippen LogP contribution in [-0.2, 0) is 9.59 Å². The molecule has 1 saturated carbocycles. The van der Waals surface area contributed by atoms with Crippen molar-refractivity contribution in [1.29, 1.82) is 0 Å². The minimum absolute atomic E-state index is 0.0966. The van der Waals surface area contributed by atoms with Crippen LogP contribution in [0.2, 0.25) is 0 Å². The summed E-state index contributed by atoms with van der Waals surface area (Å²) >= 11 is 0. The Morgan fingerprint density at radius 1 is 1.29 bits per heavy atom. The first-order valence-corrected chi connectivity index (χ1v) is 10.1. The van der Waals surface area contributed by atoms with Crippen molar-refractivity contribution in [3.8, 4) is 0 Å². The lowest BCUT2D eigenvalue weighted by molar-refractivity contribution is -0.137. The topological polar surface area (TPSA) is 81.8 Å². The number of imide groups is 1. The molecule has 1 saturated heterocycles. The van der Waals surface area contributed by atoms with Gasteiger partial charge in [0.1, 0.15) is 12.1 Å². The van der Waals surface area contributed by atoms with Crippen LogP contribution in [0.25, 0.3) is 0 Å². The third-order valence-electron chi connectivity index (χ3n) is 5.99. The van der Waals surface area contributed by atoms with E-state index in [0.29, 0.717) is 13.0 Å². The second-order valence-corrected chi connectivity index (χ2v) is 7.90. The quantitative estimate of drug-likeness (QED) is 0.556. The van der Waals surface area contributed by atoms with Gasteiger partial charge in [-0.15, -0.1) is 0 Å². The van der Waals surface area contributed by atoms with Gasteiger partial charge >= 0.3 is 6.03 Å². The fourth-order valence-electron chi connectivity index (χ4n) is 4.19. The fraction of sp³-hybridized carbons (Fsp3) is 0.571. The summed E-state index contributed by atoms with van der Waals surface area (Å²) < 4.78 is 0. The SMILES string of the molecule is C[C@@H]1CCCC[C@]12NC(=O)N(CC(=O)NCCCN(C)c1ccccc1)C2=O. The van der Waals surface area contributed by atoms with E-state index < -0.39 is 11.6 Å². The van der Waals surface area contributed by atoms with Gasteiger partial charge in [-0.25, -0.2) is 4.79 Å². The third kappa shape index (κ3) is 4.13. The second-order valence-electron chi connectivity index (χ2n) is 7.90. The molecule has 2 fully saturated rings. The van der Waals surface area contributed by atoms with Gasteiger partial charge in [-0.3, -0.25) is 14.5 Å². The smallest absolute Gasteiger partial charge is 0.325 e. The summed E-state index contributed by atoms with van der Waals surface area (Å²) in [6.45, 7) is 3.09. The van der Waals surface area contributed by atoms with Crippen molar-refractivity contribution in [2.45, 2.75) is 44.6 Å². The average molecular weight is 386 g/mol. The van der Waals surface area contributed by atoms with Crippen molar-refractivity contribution in [2.75, 3.05) is 31.6 Å². The van der Waals surface area contributed by atoms with E-state index in [-0.39, 0.29) is 24.3 Å². The Labute approximate surface area is 166 Å². The number of carbonyl (C=O) groups is 3. The van der Waals surface area contributed by atoms with Gasteiger partial charge < -0.3 is 15.5 Å². The summed E-state index contributed by atoms with van der Waals surface area (Å²) in [5.74, 6) is -0.450. The minimum atomic E-state index is -0.811. The number of benzene rings is 1. The standard InChI is InChI=1S/C21H30N4O3/c1-16-9-6-7-12-21(16)19(27)25(20(28)23-21)15-18(26)22-13-8-14-24(2)17-10-4-3-5-11-17/h3-5,10-11,16H,6-9,12-15H2,1-2H3,(H,22,26)(H,23,28)/t16-,21+/m1/s1. The number of rotatable bonds is 7. The summed E-state index contributed by atoms with van der Waals surface area (Å²) in [5.41, 5.74) is 0.314. The first-order valence-electron chi connectivity index (χ1n) is 10.1. The van der Waals surface area contributed by atoms with Gasteiger partial charge in [-0.2, -0.15) is 0 Å². The van der Waals surface area contributed by atoms with E-state index in [4.69, 9.17) is 0 Å². The minimum Gasteiger partial charge on any atom is -0.375 e. The van der Waals surface area contributed by atoms with Crippen molar-refractivity contribution >= 4 is 23.5 Å². The van der Waals surface area contributed by atoms with Crippen LogP contribution in [0.1, 0.15) is 39.0 Å². The van der Waals surface area contributed by atoms with Crippen LogP contribution in [0, 0.1) is 5.92 Å². The molecule has 0 aromatic heterocycles. The van der Waals surface area contributed by atoms with Crippen molar-refractivity contribution in [3.05, 3.63) is 30.3 Å². The maximum Gasteiger partial charge on any atom is 0.325 e. The molecule has 7 nitrogen and oxygen atoms in total. The number of carbonyl (C=O) groups excluding carboxylic acids is 3. The van der Waals surface area contributed by atoms with Gasteiger partial charge in [0.25, 0.3) is 5.91 Å². The molecule has 1 aromatic rings. The molecular weight excluding hydrogens is 356 g/mol. The Kier molecular flexibility index (Phi) is 6.21. The summed E-state index contributed by atoms with van der Waals surface area (Å²) in [5, 5.41) is 5.70. The molecule has 2 atom stereocenters. The Morgan fingerprint density at radius 2 is 2.04 bits per heavy atom. The number of nitrogens with zero attached hydrogens (tertiary/aromatic N) is 2. The highest BCUT2D eigenvalue weighted by atomic mass is 16.2. The van der Waals surface area contributed by atoms with E-state index in [2.05, 4.69) is 15.5 Å². The van der Waals surface area contributed by atoms with E-state index in [9.17, 15) is 14.4 Å². The molecule has 1 aliphatic heterocycles. The highest BCUT2D eigenvalue weighted by molar-refractivity contribution is 6.09. The predicted octanol–water partition coefficient (Wildman–Crippen LogP) is 2.13. The lowest BCUT2D eigenvalue weighted by atomic mass is 9.73. The van der Waals surface area contributed by atoms with Crippen LogP contribution in [0.4, 0.5) is 10.5 Å². The Balaban J connectivity index is 1.44. The summed E-state index contributed by atoms with van der Waals surface area (Å²) in [6.07, 6.45) is 4.34. The van der Waals surface area contributed by atoms with Gasteiger partial charge in [0, 0.05) is 25.8 Å². The molecule has 4 amide bonds. The number of para-hydroxylation sites is 1. The zero-order chi connectivity index (χ0) is 20.1. The molecule has 0 bridgehead atoms. The number of amides is 4. The highest BCUT2D eigenvalue weighted by Crippen LogP contribution is 2.38. The molecule has 0 radical (unpaired) electrons. The Morgan fingerprint density at radius 3 is 2.75 bits per heavy atom. The van der Waals surface area contributed by atoms with Gasteiger partial charge in [0.2, 0.25) is 5.91 Å². The molecular formula is C21H30N4O3. The number of anilines is 1. The van der Waals surface area contributed by atoms with Gasteiger partial charge in [-0.05, 0) is 37.3 Å². The molecule has 1 spiro atoms. The number of urea groups is 1. The van der Waals surface area contributed by atoms with Crippen LogP contribution in [-0.4, -0.2) is 55.0 Å².